The molecular formula is C13H16F2N4S. The highest BCUT2D eigenvalue weighted by Crippen LogP contribution is 2.34. The largest absolute Gasteiger partial charge is 0.271 e. The van der Waals surface area contributed by atoms with Crippen molar-refractivity contribution in [1.82, 2.24) is 15.0 Å². The third-order valence-electron chi connectivity index (χ3n) is 2.92. The van der Waals surface area contributed by atoms with Crippen LogP contribution in [0.25, 0.3) is 0 Å². The van der Waals surface area contributed by atoms with E-state index in [-0.39, 0.29) is 11.0 Å². The monoisotopic (exact) mass is 298 g/mol. The molecule has 0 saturated heterocycles. The Morgan fingerprint density at radius 1 is 1.30 bits per heavy atom. The molecule has 108 valence electrons. The van der Waals surface area contributed by atoms with Crippen LogP contribution < -0.4 is 11.3 Å². The second-order valence-electron chi connectivity index (χ2n) is 5.50. The van der Waals surface area contributed by atoms with Crippen LogP contribution >= 0.6 is 11.5 Å². The summed E-state index contributed by atoms with van der Waals surface area (Å²) in [6.07, 6.45) is 0. The third-order valence-corrected chi connectivity index (χ3v) is 3.71. The Bertz CT molecular complexity index is 607. The van der Waals surface area contributed by atoms with Crippen molar-refractivity contribution >= 4 is 11.5 Å². The fourth-order valence-electron chi connectivity index (χ4n) is 1.95. The van der Waals surface area contributed by atoms with E-state index in [9.17, 15) is 8.78 Å². The average molecular weight is 298 g/mol. The van der Waals surface area contributed by atoms with Crippen molar-refractivity contribution < 1.29 is 8.78 Å². The Kier molecular flexibility index (Phi) is 4.12. The summed E-state index contributed by atoms with van der Waals surface area (Å²) < 4.78 is 31.2. The summed E-state index contributed by atoms with van der Waals surface area (Å²) in [4.78, 5) is 0.685. The van der Waals surface area contributed by atoms with E-state index in [1.54, 1.807) is 0 Å². The van der Waals surface area contributed by atoms with Gasteiger partial charge in [0.25, 0.3) is 0 Å². The Balaban J connectivity index is 2.54. The molecule has 0 aliphatic rings. The number of nitrogens with two attached hydrogens (primary N) is 1. The number of hydrogen-bond acceptors (Lipinski definition) is 5. The molecule has 0 amide bonds. The van der Waals surface area contributed by atoms with Crippen molar-refractivity contribution in [3.63, 3.8) is 0 Å². The van der Waals surface area contributed by atoms with Gasteiger partial charge in [-0.3, -0.25) is 5.84 Å². The van der Waals surface area contributed by atoms with Crippen LogP contribution in [0.3, 0.4) is 0 Å². The molecule has 0 fully saturated rings. The Morgan fingerprint density at radius 3 is 2.60 bits per heavy atom. The zero-order valence-corrected chi connectivity index (χ0v) is 12.3. The molecule has 20 heavy (non-hydrogen) atoms. The molecule has 0 aliphatic heterocycles. The van der Waals surface area contributed by atoms with Crippen molar-refractivity contribution in [3.05, 3.63) is 46.0 Å². The van der Waals surface area contributed by atoms with Crippen LogP contribution in [-0.2, 0) is 5.41 Å². The predicted octanol–water partition coefficient (Wildman–Crippen LogP) is 2.67. The van der Waals surface area contributed by atoms with Gasteiger partial charge < -0.3 is 0 Å². The van der Waals surface area contributed by atoms with Crippen LogP contribution in [0.4, 0.5) is 8.78 Å². The molecule has 1 unspecified atom stereocenters. The van der Waals surface area contributed by atoms with Crippen LogP contribution in [0.5, 0.6) is 0 Å². The first-order chi connectivity index (χ1) is 9.34. The van der Waals surface area contributed by atoms with E-state index in [2.05, 4.69) is 15.0 Å². The molecule has 0 bridgehead atoms. The van der Waals surface area contributed by atoms with Crippen molar-refractivity contribution in [2.75, 3.05) is 0 Å². The van der Waals surface area contributed by atoms with Gasteiger partial charge >= 0.3 is 0 Å². The summed E-state index contributed by atoms with van der Waals surface area (Å²) in [5.41, 5.74) is 3.12. The SMILES string of the molecule is CC(C)(C)c1nnsc1C(NN)c1cc(F)ccc1F. The summed E-state index contributed by atoms with van der Waals surface area (Å²) in [6, 6.07) is 2.61. The number of benzene rings is 1. The van der Waals surface area contributed by atoms with Gasteiger partial charge in [-0.1, -0.05) is 25.3 Å². The van der Waals surface area contributed by atoms with Crippen LogP contribution in [-0.4, -0.2) is 9.59 Å². The van der Waals surface area contributed by atoms with Gasteiger partial charge in [0.2, 0.25) is 0 Å². The molecule has 1 heterocycles. The van der Waals surface area contributed by atoms with E-state index < -0.39 is 17.7 Å². The maximum Gasteiger partial charge on any atom is 0.128 e. The van der Waals surface area contributed by atoms with Crippen LogP contribution in [0.15, 0.2) is 18.2 Å². The molecule has 7 heteroatoms. The van der Waals surface area contributed by atoms with E-state index in [1.165, 1.54) is 0 Å². The topological polar surface area (TPSA) is 63.8 Å². The standard InChI is InChI=1S/C13H16F2N4S/c1-13(2,3)12-11(20-19-18-12)10(17-16)8-6-7(14)4-5-9(8)15/h4-6,10,17H,16H2,1-3H3. The van der Waals surface area contributed by atoms with Gasteiger partial charge in [0.15, 0.2) is 0 Å². The summed E-state index contributed by atoms with van der Waals surface area (Å²) in [5.74, 6) is 4.50. The Hall–Kier alpha value is -1.44. The average Bonchev–Trinajstić information content (AvgIpc) is 2.83. The molecule has 4 nitrogen and oxygen atoms in total. The summed E-state index contributed by atoms with van der Waals surface area (Å²) in [6.45, 7) is 5.92. The second-order valence-corrected chi connectivity index (χ2v) is 6.29. The Labute approximate surface area is 120 Å². The fourth-order valence-corrected chi connectivity index (χ4v) is 2.89. The first-order valence-electron chi connectivity index (χ1n) is 6.08. The van der Waals surface area contributed by atoms with Gasteiger partial charge in [0.05, 0.1) is 16.6 Å². The van der Waals surface area contributed by atoms with Crippen molar-refractivity contribution in [1.29, 1.82) is 0 Å². The van der Waals surface area contributed by atoms with E-state index in [0.29, 0.717) is 10.6 Å². The number of hydrazine groups is 1. The zero-order chi connectivity index (χ0) is 14.9. The van der Waals surface area contributed by atoms with Crippen LogP contribution in [0, 0.1) is 11.6 Å². The lowest BCUT2D eigenvalue weighted by Gasteiger charge is -2.21. The minimum atomic E-state index is -0.681. The van der Waals surface area contributed by atoms with Gasteiger partial charge in [0.1, 0.15) is 11.6 Å². The highest BCUT2D eigenvalue weighted by Gasteiger charge is 2.29. The van der Waals surface area contributed by atoms with E-state index in [0.717, 1.165) is 29.7 Å². The van der Waals surface area contributed by atoms with Crippen molar-refractivity contribution in [3.8, 4) is 0 Å². The van der Waals surface area contributed by atoms with Gasteiger partial charge in [0, 0.05) is 11.0 Å². The van der Waals surface area contributed by atoms with Gasteiger partial charge in [-0.2, -0.15) is 0 Å². The van der Waals surface area contributed by atoms with Crippen molar-refractivity contribution in [2.24, 2.45) is 5.84 Å². The smallest absolute Gasteiger partial charge is 0.128 e. The molecule has 0 spiro atoms. The van der Waals surface area contributed by atoms with E-state index in [4.69, 9.17) is 5.84 Å². The summed E-state index contributed by atoms with van der Waals surface area (Å²) >= 11 is 1.13. The highest BCUT2D eigenvalue weighted by atomic mass is 32.1. The Morgan fingerprint density at radius 2 is 2.00 bits per heavy atom. The molecule has 3 N–H and O–H groups in total. The molecule has 0 aliphatic carbocycles. The predicted molar refractivity (Wildman–Crippen MR) is 74.1 cm³/mol. The quantitative estimate of drug-likeness (QED) is 0.675. The lowest BCUT2D eigenvalue weighted by atomic mass is 9.89. The van der Waals surface area contributed by atoms with Gasteiger partial charge in [-0.25, -0.2) is 14.2 Å². The van der Waals surface area contributed by atoms with Gasteiger partial charge in [-0.15, -0.1) is 5.10 Å². The summed E-state index contributed by atoms with van der Waals surface area (Å²) in [7, 11) is 0. The van der Waals surface area contributed by atoms with E-state index >= 15 is 0 Å². The first kappa shape index (κ1) is 15.0. The third kappa shape index (κ3) is 2.84. The fraction of sp³-hybridized carbons (Fsp3) is 0.385. The molecule has 0 saturated carbocycles. The lowest BCUT2D eigenvalue weighted by molar-refractivity contribution is 0.524. The first-order valence-corrected chi connectivity index (χ1v) is 6.85. The zero-order valence-electron chi connectivity index (χ0n) is 11.4. The highest BCUT2D eigenvalue weighted by molar-refractivity contribution is 7.05. The van der Waals surface area contributed by atoms with Crippen LogP contribution in [0.2, 0.25) is 0 Å². The number of nitrogens with zero attached hydrogens (tertiary/aromatic N) is 2. The molecular weight excluding hydrogens is 282 g/mol. The van der Waals surface area contributed by atoms with Crippen LogP contribution in [0.1, 0.15) is 42.9 Å². The van der Waals surface area contributed by atoms with E-state index in [1.807, 2.05) is 20.8 Å². The molecule has 2 rings (SSSR count). The van der Waals surface area contributed by atoms with Gasteiger partial charge in [-0.05, 0) is 29.7 Å². The normalized spacial score (nSPS) is 13.5. The minimum absolute atomic E-state index is 0.143. The molecule has 1 aromatic heterocycles. The van der Waals surface area contributed by atoms with Crippen molar-refractivity contribution in [2.45, 2.75) is 32.2 Å². The maximum atomic E-state index is 13.9. The molecule has 1 atom stereocenters. The molecule has 1 aromatic carbocycles. The second kappa shape index (κ2) is 5.51. The maximum absolute atomic E-state index is 13.9. The molecule has 0 radical (unpaired) electrons. The number of hydrogen-bond donors (Lipinski definition) is 2. The number of aromatic nitrogens is 2. The lowest BCUT2D eigenvalue weighted by Crippen LogP contribution is -2.31. The number of rotatable bonds is 3. The summed E-state index contributed by atoms with van der Waals surface area (Å²) in [5, 5.41) is 4.09. The number of halogens is 2. The molecule has 2 aromatic rings. The minimum Gasteiger partial charge on any atom is -0.271 e. The number of nitrogens with one attached hydrogen (secondary N) is 1.